The minimum atomic E-state index is -1.99. The van der Waals surface area contributed by atoms with E-state index in [9.17, 15) is 87.9 Å². The van der Waals surface area contributed by atoms with Gasteiger partial charge in [-0.05, 0) is 87.1 Å². The third-order valence-corrected chi connectivity index (χ3v) is 17.6. The summed E-state index contributed by atoms with van der Waals surface area (Å²) in [7, 11) is 0. The number of aliphatic hydroxyl groups is 3. The molecule has 0 bridgehead atoms. The number of H-pyrrole nitrogens is 2. The second kappa shape index (κ2) is 41.3. The van der Waals surface area contributed by atoms with Crippen LogP contribution in [0.4, 0.5) is 0 Å². The highest BCUT2D eigenvalue weighted by Gasteiger charge is 2.42. The molecule has 2 aromatic heterocycles. The first kappa shape index (κ1) is 82.9. The van der Waals surface area contributed by atoms with Crippen molar-refractivity contribution in [2.45, 2.75) is 157 Å². The third-order valence-electron chi connectivity index (χ3n) is 17.0. The highest BCUT2D eigenvalue weighted by Crippen LogP contribution is 2.22. The SMILES string of the molecule is CSCC[C@H](NC(=O)[C@H](CO)NC(=O)[C@H](CCCN=C(N)N)NC(=O)[C@H](Cc1ccccc1)NC(=O)[C@H](C)NC(=O)[C@@H]1CCCN1C(=O)[C@@H](NC(=O)[C@H](CC(=O)O)NC(=O)[C@H](Cc1ccccc1)NC(=O)[C@H](CO)NC(=O)[C@@H](N)Cc1c[nH]c2ccccc12)[C@@H](C)O)C(=O)N[C@@H](Cc1cnc[nH]1)C(=O)O. The van der Waals surface area contributed by atoms with Gasteiger partial charge in [-0.1, -0.05) is 78.9 Å². The number of rotatable bonds is 42. The second-order valence-electron chi connectivity index (χ2n) is 25.0. The smallest absolute Gasteiger partial charge is 0.326 e. The van der Waals surface area contributed by atoms with E-state index in [4.69, 9.17) is 17.2 Å². The summed E-state index contributed by atoms with van der Waals surface area (Å²) < 4.78 is 0. The number of aliphatic imine (C=N–C) groups is 1. The molecule has 5 aromatic rings. The van der Waals surface area contributed by atoms with Crippen molar-refractivity contribution >= 4 is 106 Å². The summed E-state index contributed by atoms with van der Waals surface area (Å²) in [5.74, 6) is -14.0. The van der Waals surface area contributed by atoms with E-state index in [0.717, 1.165) is 22.7 Å². The van der Waals surface area contributed by atoms with Crippen LogP contribution in [0.5, 0.6) is 0 Å². The molecule has 1 aliphatic rings. The Kier molecular flexibility index (Phi) is 32.6. The van der Waals surface area contributed by atoms with Crippen LogP contribution in [0.15, 0.2) is 109 Å². The molecule has 0 aliphatic carbocycles. The van der Waals surface area contributed by atoms with Crippen LogP contribution >= 0.6 is 11.8 Å². The molecule has 3 heterocycles. The molecule has 36 nitrogen and oxygen atoms in total. The highest BCUT2D eigenvalue weighted by molar-refractivity contribution is 7.98. The predicted molar refractivity (Wildman–Crippen MR) is 381 cm³/mol. The fourth-order valence-corrected chi connectivity index (χ4v) is 11.8. The van der Waals surface area contributed by atoms with Crippen LogP contribution in [-0.4, -0.2) is 245 Å². The summed E-state index contributed by atoms with van der Waals surface area (Å²) in [6, 6.07) is 5.00. The summed E-state index contributed by atoms with van der Waals surface area (Å²) >= 11 is 1.31. The molecule has 6 rings (SSSR count). The zero-order valence-electron chi connectivity index (χ0n) is 58.0. The van der Waals surface area contributed by atoms with Crippen LogP contribution in [-0.2, 0) is 88.0 Å². The number of benzene rings is 3. The number of amides is 11. The summed E-state index contributed by atoms with van der Waals surface area (Å²) in [5, 5.41) is 77.0. The number of guanidine groups is 1. The number of carbonyl (C=O) groups is 13. The molecule has 0 radical (unpaired) electrons. The largest absolute Gasteiger partial charge is 0.481 e. The second-order valence-corrected chi connectivity index (χ2v) is 26.0. The number of hydrogen-bond acceptors (Lipinski definition) is 20. The number of hydrogen-bond donors (Lipinski definition) is 20. The van der Waals surface area contributed by atoms with E-state index >= 15 is 0 Å². The van der Waals surface area contributed by atoms with Gasteiger partial charge in [0.25, 0.3) is 0 Å². The molecular weight excluding hydrogens is 1390 g/mol. The van der Waals surface area contributed by atoms with E-state index < -0.39 is 175 Å². The van der Waals surface area contributed by atoms with Gasteiger partial charge >= 0.3 is 11.9 Å². The lowest BCUT2D eigenvalue weighted by molar-refractivity contribution is -0.145. The average molecular weight is 1480 g/mol. The maximum absolute atomic E-state index is 14.5. The molecule has 1 fully saturated rings. The number of imidazole rings is 1. The number of carboxylic acid groups (broad SMARTS) is 2. The van der Waals surface area contributed by atoms with Crippen molar-refractivity contribution < 1.29 is 87.9 Å². The molecule has 105 heavy (non-hydrogen) atoms. The first-order chi connectivity index (χ1) is 50.1. The van der Waals surface area contributed by atoms with Crippen LogP contribution in [0, 0.1) is 0 Å². The number of fused-ring (bicyclic) bond motifs is 1. The minimum absolute atomic E-state index is 0.00382. The molecular formula is C68H92N18O18S. The van der Waals surface area contributed by atoms with Crippen LogP contribution in [0.3, 0.4) is 0 Å². The molecule has 0 saturated carbocycles. The quantitative estimate of drug-likeness (QED) is 0.00989. The Hall–Kier alpha value is -11.0. The number of nitrogens with two attached hydrogens (primary N) is 3. The predicted octanol–water partition coefficient (Wildman–Crippen LogP) is -4.92. The molecule has 1 aliphatic heterocycles. The molecule has 0 spiro atoms. The van der Waals surface area contributed by atoms with E-state index in [-0.39, 0.29) is 76.8 Å². The first-order valence-electron chi connectivity index (χ1n) is 33.7. The van der Waals surface area contributed by atoms with Gasteiger partial charge in [-0.2, -0.15) is 11.8 Å². The number of thioether (sulfide) groups is 1. The third kappa shape index (κ3) is 25.7. The van der Waals surface area contributed by atoms with Crippen molar-refractivity contribution in [3.05, 3.63) is 126 Å². The van der Waals surface area contributed by atoms with Crippen molar-refractivity contribution in [2.24, 2.45) is 22.2 Å². The van der Waals surface area contributed by atoms with E-state index in [0.29, 0.717) is 28.1 Å². The van der Waals surface area contributed by atoms with E-state index in [1.807, 2.05) is 18.2 Å². The number of aromatic amines is 2. The van der Waals surface area contributed by atoms with Crippen molar-refractivity contribution in [1.82, 2.24) is 73.0 Å². The monoisotopic (exact) mass is 1480 g/mol. The Balaban J connectivity index is 1.12. The zero-order valence-corrected chi connectivity index (χ0v) is 58.8. The lowest BCUT2D eigenvalue weighted by Crippen LogP contribution is -2.62. The fraction of sp³-hybridized carbons (Fsp3) is 0.456. The fourth-order valence-electron chi connectivity index (χ4n) is 11.3. The molecule has 37 heteroatoms. The molecule has 3 aromatic carbocycles. The number of nitrogens with zero attached hydrogens (tertiary/aromatic N) is 3. The van der Waals surface area contributed by atoms with Gasteiger partial charge in [0.1, 0.15) is 66.5 Å². The Labute approximate surface area is 607 Å². The summed E-state index contributed by atoms with van der Waals surface area (Å²) in [6.07, 6.45) is 2.69. The summed E-state index contributed by atoms with van der Waals surface area (Å²) in [5.41, 5.74) is 20.2. The number of likely N-dealkylation sites (tertiary alicyclic amines) is 1. The molecule has 1 saturated heterocycles. The summed E-state index contributed by atoms with van der Waals surface area (Å²) in [6.45, 7) is 0.243. The standard InChI is InChI=1S/C68H92N18O18S/c1-36(56(92)79-47(26-38-14-6-4-7-15-38)60(96)77-45(20-12-23-73-68(70)71)58(94)84-52(34-88)63(99)78-46(22-25-105-3)59(95)82-50(67(103)104)29-41-32-72-35-75-41)76-65(101)53-21-13-24-86(53)66(102)55(37(2)89)85-62(98)49(30-54(90)91)81-61(97)48(27-39-16-8-5-9-17-39)80-64(100)51(33-87)83-57(93)43(69)28-40-31-74-44-19-11-10-18-42(40)44/h4-11,14-19,31-32,35-37,43,45-53,55,74,87-89H,12-13,20-30,33-34,69H2,1-3H3,(H,72,75)(H,76,101)(H,77,96)(H,78,99)(H,79,92)(H,80,100)(H,81,97)(H,82,95)(H,83,93)(H,84,94)(H,85,98)(H,90,91)(H,103,104)(H4,70,71,73)/t36-,37+,43-,45-,46-,47-,48-,49-,50-,51-,52-,53-,55-/m0/s1. The van der Waals surface area contributed by atoms with Crippen molar-refractivity contribution in [3.8, 4) is 0 Å². The zero-order chi connectivity index (χ0) is 76.9. The highest BCUT2D eigenvalue weighted by atomic mass is 32.2. The molecule has 11 amide bonds. The normalized spacial score (nSPS) is 16.0. The van der Waals surface area contributed by atoms with Gasteiger partial charge in [-0.3, -0.25) is 62.5 Å². The Morgan fingerprint density at radius 1 is 0.600 bits per heavy atom. The average Bonchev–Trinajstić information content (AvgIpc) is 1.78. The Morgan fingerprint density at radius 2 is 1.10 bits per heavy atom. The molecule has 13 atom stereocenters. The summed E-state index contributed by atoms with van der Waals surface area (Å²) in [4.78, 5) is 194. The number of carbonyl (C=O) groups excluding carboxylic acids is 11. The molecule has 0 unspecified atom stereocenters. The number of nitrogens with one attached hydrogen (secondary N) is 12. The van der Waals surface area contributed by atoms with Crippen LogP contribution < -0.4 is 70.4 Å². The van der Waals surface area contributed by atoms with E-state index in [1.54, 1.807) is 79.2 Å². The number of aromatic nitrogens is 3. The van der Waals surface area contributed by atoms with E-state index in [2.05, 4.69) is 73.1 Å². The van der Waals surface area contributed by atoms with Gasteiger partial charge in [0.05, 0.1) is 38.1 Å². The van der Waals surface area contributed by atoms with Gasteiger partial charge in [0.2, 0.25) is 65.0 Å². The number of para-hydroxylation sites is 1. The lowest BCUT2D eigenvalue weighted by Gasteiger charge is -2.31. The maximum Gasteiger partial charge on any atom is 0.326 e. The van der Waals surface area contributed by atoms with Crippen LogP contribution in [0.2, 0.25) is 0 Å². The number of aliphatic carboxylic acids is 2. The van der Waals surface area contributed by atoms with E-state index in [1.165, 1.54) is 31.2 Å². The minimum Gasteiger partial charge on any atom is -0.481 e. The van der Waals surface area contributed by atoms with Crippen molar-refractivity contribution in [1.29, 1.82) is 0 Å². The lowest BCUT2D eigenvalue weighted by atomic mass is 10.0. The Bertz CT molecular complexity index is 3830. The molecule has 23 N–H and O–H groups in total. The van der Waals surface area contributed by atoms with Gasteiger partial charge in [0.15, 0.2) is 5.96 Å². The van der Waals surface area contributed by atoms with Crippen LogP contribution in [0.25, 0.3) is 10.9 Å². The van der Waals surface area contributed by atoms with Crippen molar-refractivity contribution in [3.63, 3.8) is 0 Å². The van der Waals surface area contributed by atoms with Gasteiger partial charge < -0.3 is 111 Å². The Morgan fingerprint density at radius 3 is 1.65 bits per heavy atom. The first-order valence-corrected chi connectivity index (χ1v) is 35.1. The topological polar surface area (TPSA) is 581 Å². The van der Waals surface area contributed by atoms with Gasteiger partial charge in [0, 0.05) is 61.3 Å². The van der Waals surface area contributed by atoms with Gasteiger partial charge in [-0.15, -0.1) is 0 Å². The maximum atomic E-state index is 14.5. The van der Waals surface area contributed by atoms with Crippen molar-refractivity contribution in [2.75, 3.05) is 38.3 Å². The number of carboxylic acids is 2. The number of aliphatic hydroxyl groups excluding tert-OH is 3. The molecule has 568 valence electrons. The van der Waals surface area contributed by atoms with Gasteiger partial charge in [-0.25, -0.2) is 9.78 Å². The van der Waals surface area contributed by atoms with Crippen LogP contribution in [0.1, 0.15) is 74.8 Å².